The first-order chi connectivity index (χ1) is 5.07. The number of rotatable bonds is 4. The highest BCUT2D eigenvalue weighted by Gasteiger charge is 2.07. The van der Waals surface area contributed by atoms with E-state index in [2.05, 4.69) is 18.1 Å². The third-order valence-corrected chi connectivity index (χ3v) is 1.32. The third kappa shape index (κ3) is 5.09. The number of thiol groups is 1. The van der Waals surface area contributed by atoms with Gasteiger partial charge in [0.05, 0.1) is 0 Å². The van der Waals surface area contributed by atoms with Crippen molar-refractivity contribution in [2.24, 2.45) is 0 Å². The van der Waals surface area contributed by atoms with Gasteiger partial charge in [-0.25, -0.2) is 5.43 Å². The maximum atomic E-state index is 10.9. The molecule has 11 heavy (non-hydrogen) atoms. The fourth-order valence-electron chi connectivity index (χ4n) is 0.725. The van der Waals surface area contributed by atoms with Crippen LogP contribution < -0.4 is 5.43 Å². The van der Waals surface area contributed by atoms with Gasteiger partial charge in [0, 0.05) is 25.3 Å². The summed E-state index contributed by atoms with van der Waals surface area (Å²) in [6, 6.07) is 0.291. The van der Waals surface area contributed by atoms with Crippen LogP contribution in [0.2, 0.25) is 0 Å². The minimum Gasteiger partial charge on any atom is -0.277 e. The highest BCUT2D eigenvalue weighted by Crippen LogP contribution is 1.88. The van der Waals surface area contributed by atoms with Crippen molar-refractivity contribution in [2.45, 2.75) is 26.8 Å². The Hall–Kier alpha value is -0.220. The lowest BCUT2D eigenvalue weighted by Crippen LogP contribution is -2.46. The maximum absolute atomic E-state index is 10.9. The number of amides is 1. The van der Waals surface area contributed by atoms with E-state index < -0.39 is 0 Å². The molecule has 0 rings (SSSR count). The zero-order valence-electron chi connectivity index (χ0n) is 7.29. The normalized spacial score (nSPS) is 10.3. The fraction of sp³-hybridized carbons (Fsp3) is 0.857. The second-order valence-electron chi connectivity index (χ2n) is 2.68. The summed E-state index contributed by atoms with van der Waals surface area (Å²) in [5, 5.41) is 1.58. The van der Waals surface area contributed by atoms with Crippen LogP contribution in [0.4, 0.5) is 0 Å². The van der Waals surface area contributed by atoms with E-state index in [1.54, 1.807) is 11.9 Å². The molecule has 0 aliphatic rings. The second kappa shape index (κ2) is 5.43. The molecule has 0 saturated heterocycles. The smallest absolute Gasteiger partial charge is 0.233 e. The maximum Gasteiger partial charge on any atom is 0.233 e. The van der Waals surface area contributed by atoms with Gasteiger partial charge in [0.25, 0.3) is 0 Å². The molecule has 0 radical (unpaired) electrons. The molecule has 3 nitrogen and oxygen atoms in total. The van der Waals surface area contributed by atoms with Gasteiger partial charge in [-0.2, -0.15) is 12.6 Å². The van der Waals surface area contributed by atoms with E-state index in [9.17, 15) is 4.79 Å². The van der Waals surface area contributed by atoms with Crippen molar-refractivity contribution < 1.29 is 4.79 Å². The van der Waals surface area contributed by atoms with Crippen molar-refractivity contribution >= 4 is 18.5 Å². The first-order valence-corrected chi connectivity index (χ1v) is 4.36. The molecular formula is C7H16N2OS. The molecular weight excluding hydrogens is 160 g/mol. The zero-order chi connectivity index (χ0) is 8.85. The van der Waals surface area contributed by atoms with Crippen molar-refractivity contribution in [1.82, 2.24) is 10.4 Å². The number of hydrogen-bond donors (Lipinski definition) is 2. The molecule has 0 aromatic rings. The molecule has 0 aromatic carbocycles. The van der Waals surface area contributed by atoms with Crippen molar-refractivity contribution in [3.05, 3.63) is 0 Å². The predicted molar refractivity (Wildman–Crippen MR) is 49.5 cm³/mol. The van der Waals surface area contributed by atoms with E-state index >= 15 is 0 Å². The molecule has 0 saturated carbocycles. The van der Waals surface area contributed by atoms with Gasteiger partial charge in [0.2, 0.25) is 5.91 Å². The van der Waals surface area contributed by atoms with E-state index in [4.69, 9.17) is 0 Å². The number of hydrogen-bond acceptors (Lipinski definition) is 3. The van der Waals surface area contributed by atoms with Crippen LogP contribution in [-0.4, -0.2) is 29.3 Å². The predicted octanol–water partition coefficient (Wildman–Crippen LogP) is 0.678. The van der Waals surface area contributed by atoms with Crippen molar-refractivity contribution in [3.8, 4) is 0 Å². The summed E-state index contributed by atoms with van der Waals surface area (Å²) in [4.78, 5) is 10.9. The van der Waals surface area contributed by atoms with Crippen LogP contribution >= 0.6 is 12.6 Å². The number of carbonyl (C=O) groups excluding carboxylic acids is 1. The average molecular weight is 176 g/mol. The Kier molecular flexibility index (Phi) is 5.32. The van der Waals surface area contributed by atoms with Gasteiger partial charge in [-0.1, -0.05) is 0 Å². The van der Waals surface area contributed by atoms with Gasteiger partial charge < -0.3 is 0 Å². The van der Waals surface area contributed by atoms with E-state index in [-0.39, 0.29) is 5.91 Å². The average Bonchev–Trinajstić information content (AvgIpc) is 1.86. The van der Waals surface area contributed by atoms with Crippen LogP contribution in [0.5, 0.6) is 0 Å². The number of carbonyl (C=O) groups is 1. The van der Waals surface area contributed by atoms with E-state index in [0.717, 1.165) is 0 Å². The van der Waals surface area contributed by atoms with Crippen LogP contribution in [-0.2, 0) is 4.79 Å². The van der Waals surface area contributed by atoms with Crippen LogP contribution in [0.15, 0.2) is 0 Å². The summed E-state index contributed by atoms with van der Waals surface area (Å²) in [6.07, 6.45) is 0. The van der Waals surface area contributed by atoms with Gasteiger partial charge in [0.1, 0.15) is 0 Å². The topological polar surface area (TPSA) is 32.3 Å². The zero-order valence-corrected chi connectivity index (χ0v) is 8.19. The van der Waals surface area contributed by atoms with Crippen LogP contribution in [0.25, 0.3) is 0 Å². The lowest BCUT2D eigenvalue weighted by molar-refractivity contribution is -0.132. The molecule has 66 valence electrons. The summed E-state index contributed by atoms with van der Waals surface area (Å²) in [5.74, 6) is 0.715. The summed E-state index contributed by atoms with van der Waals surface area (Å²) in [5.41, 5.74) is 3.02. The van der Waals surface area contributed by atoms with E-state index in [1.165, 1.54) is 0 Å². The van der Waals surface area contributed by atoms with Crippen LogP contribution in [0.3, 0.4) is 0 Å². The first kappa shape index (κ1) is 10.8. The molecule has 0 bridgehead atoms. The van der Waals surface area contributed by atoms with Crippen molar-refractivity contribution in [2.75, 3.05) is 12.3 Å². The van der Waals surface area contributed by atoms with E-state index in [0.29, 0.717) is 18.3 Å². The van der Waals surface area contributed by atoms with E-state index in [1.807, 2.05) is 13.8 Å². The first-order valence-electron chi connectivity index (χ1n) is 3.73. The largest absolute Gasteiger partial charge is 0.277 e. The minimum atomic E-state index is 0.0350. The summed E-state index contributed by atoms with van der Waals surface area (Å²) >= 11 is 4.04. The Bertz CT molecular complexity index is 128. The lowest BCUT2D eigenvalue weighted by Gasteiger charge is -2.23. The van der Waals surface area contributed by atoms with Gasteiger partial charge in [-0.05, 0) is 13.8 Å². The van der Waals surface area contributed by atoms with Crippen molar-refractivity contribution in [3.63, 3.8) is 0 Å². The monoisotopic (exact) mass is 176 g/mol. The van der Waals surface area contributed by atoms with Gasteiger partial charge in [-0.3, -0.25) is 9.80 Å². The highest BCUT2D eigenvalue weighted by atomic mass is 32.1. The summed E-state index contributed by atoms with van der Waals surface area (Å²) < 4.78 is 0. The quantitative estimate of drug-likeness (QED) is 0.487. The molecule has 0 spiro atoms. The Morgan fingerprint density at radius 2 is 2.18 bits per heavy atom. The number of nitrogens with zero attached hydrogens (tertiary/aromatic N) is 1. The Morgan fingerprint density at radius 3 is 2.45 bits per heavy atom. The molecule has 4 heteroatoms. The van der Waals surface area contributed by atoms with Crippen LogP contribution in [0, 0.1) is 0 Å². The Morgan fingerprint density at radius 1 is 1.64 bits per heavy atom. The molecule has 0 fully saturated rings. The molecule has 0 aliphatic carbocycles. The van der Waals surface area contributed by atoms with Gasteiger partial charge in [0.15, 0.2) is 0 Å². The SMILES string of the molecule is CC(=O)N(CCS)NC(C)C. The number of nitrogens with one attached hydrogen (secondary N) is 1. The highest BCUT2D eigenvalue weighted by molar-refractivity contribution is 7.80. The standard InChI is InChI=1S/C7H16N2OS/c1-6(2)8-9(4-5-11)7(3)10/h6,8,11H,4-5H2,1-3H3. The fourth-order valence-corrected chi connectivity index (χ4v) is 0.925. The molecule has 0 atom stereocenters. The van der Waals surface area contributed by atoms with Gasteiger partial charge >= 0.3 is 0 Å². The Labute approximate surface area is 73.5 Å². The lowest BCUT2D eigenvalue weighted by atomic mass is 10.4. The molecule has 0 unspecified atom stereocenters. The Balaban J connectivity index is 3.79. The van der Waals surface area contributed by atoms with Crippen LogP contribution in [0.1, 0.15) is 20.8 Å². The van der Waals surface area contributed by atoms with Crippen molar-refractivity contribution in [1.29, 1.82) is 0 Å². The summed E-state index contributed by atoms with van der Waals surface area (Å²) in [6.45, 7) is 6.18. The minimum absolute atomic E-state index is 0.0350. The molecule has 0 heterocycles. The molecule has 1 N–H and O–H groups in total. The molecule has 0 aliphatic heterocycles. The molecule has 1 amide bonds. The molecule has 0 aromatic heterocycles. The third-order valence-electron chi connectivity index (χ3n) is 1.12. The number of hydrazine groups is 1. The summed E-state index contributed by atoms with van der Waals surface area (Å²) in [7, 11) is 0. The second-order valence-corrected chi connectivity index (χ2v) is 3.13. The van der Waals surface area contributed by atoms with Gasteiger partial charge in [-0.15, -0.1) is 0 Å².